The lowest BCUT2D eigenvalue weighted by Crippen LogP contribution is -2.42. The number of carboxylic acid groups (broad SMARTS) is 1. The molecule has 0 saturated carbocycles. The topological polar surface area (TPSA) is 83.6 Å². The van der Waals surface area contributed by atoms with Crippen LogP contribution in [-0.4, -0.2) is 35.0 Å². The molecule has 0 heterocycles. The first-order valence-corrected chi connectivity index (χ1v) is 5.43. The van der Waals surface area contributed by atoms with Crippen LogP contribution in [0.15, 0.2) is 18.2 Å². The number of carboxylic acids is 1. The number of aliphatic carboxylic acids is 1. The zero-order chi connectivity index (χ0) is 13.9. The predicted molar refractivity (Wildman–Crippen MR) is 64.6 cm³/mol. The highest BCUT2D eigenvalue weighted by Gasteiger charge is 2.25. The summed E-state index contributed by atoms with van der Waals surface area (Å²) >= 11 is 0. The molecule has 0 saturated heterocycles. The molecular formula is C12H15FN2O3. The molecule has 5 nitrogen and oxygen atoms in total. The van der Waals surface area contributed by atoms with E-state index in [1.807, 2.05) is 0 Å². The van der Waals surface area contributed by atoms with Crippen LogP contribution < -0.4 is 5.73 Å². The molecule has 0 fully saturated rings. The van der Waals surface area contributed by atoms with Gasteiger partial charge in [-0.3, -0.25) is 4.79 Å². The van der Waals surface area contributed by atoms with Gasteiger partial charge in [0, 0.05) is 12.6 Å². The number of hydrogen-bond donors (Lipinski definition) is 2. The van der Waals surface area contributed by atoms with Gasteiger partial charge >= 0.3 is 5.97 Å². The number of benzene rings is 1. The van der Waals surface area contributed by atoms with Crippen molar-refractivity contribution in [2.75, 3.05) is 12.8 Å². The first-order chi connectivity index (χ1) is 8.38. The van der Waals surface area contributed by atoms with E-state index in [0.717, 1.165) is 11.0 Å². The summed E-state index contributed by atoms with van der Waals surface area (Å²) in [6.45, 7) is 1.66. The van der Waals surface area contributed by atoms with E-state index < -0.39 is 23.7 Å². The van der Waals surface area contributed by atoms with Gasteiger partial charge in [-0.25, -0.2) is 9.18 Å². The molecule has 1 aromatic carbocycles. The number of nitrogens with two attached hydrogens (primary N) is 1. The molecule has 1 rings (SSSR count). The number of carbonyl (C=O) groups is 2. The number of rotatable bonds is 4. The Morgan fingerprint density at radius 1 is 1.50 bits per heavy atom. The Labute approximate surface area is 104 Å². The number of nitrogen functional groups attached to an aromatic ring is 1. The summed E-state index contributed by atoms with van der Waals surface area (Å²) in [7, 11) is 1.37. The van der Waals surface area contributed by atoms with Crippen LogP contribution in [0.5, 0.6) is 0 Å². The lowest BCUT2D eigenvalue weighted by atomic mass is 10.1. The second-order valence-corrected chi connectivity index (χ2v) is 3.91. The van der Waals surface area contributed by atoms with Crippen LogP contribution in [-0.2, 0) is 4.79 Å². The highest BCUT2D eigenvalue weighted by Crippen LogP contribution is 2.15. The summed E-state index contributed by atoms with van der Waals surface area (Å²) in [5.41, 5.74) is 5.32. The fourth-order valence-corrected chi connectivity index (χ4v) is 1.62. The fourth-order valence-electron chi connectivity index (χ4n) is 1.62. The predicted octanol–water partition coefficient (Wildman–Crippen LogP) is 1.34. The second kappa shape index (κ2) is 5.48. The summed E-state index contributed by atoms with van der Waals surface area (Å²) < 4.78 is 13.2. The molecule has 0 spiro atoms. The van der Waals surface area contributed by atoms with Crippen LogP contribution in [0.2, 0.25) is 0 Å². The van der Waals surface area contributed by atoms with E-state index in [1.54, 1.807) is 6.92 Å². The van der Waals surface area contributed by atoms with E-state index in [2.05, 4.69) is 0 Å². The maximum atomic E-state index is 13.2. The third-order valence-corrected chi connectivity index (χ3v) is 2.71. The lowest BCUT2D eigenvalue weighted by Gasteiger charge is -2.23. The van der Waals surface area contributed by atoms with E-state index >= 15 is 0 Å². The largest absolute Gasteiger partial charge is 0.480 e. The first kappa shape index (κ1) is 14.0. The standard InChI is InChI=1S/C12H15FN2O3/c1-3-10(12(17)18)15(2)11(16)7-4-5-9(14)8(13)6-7/h4-6,10H,3,14H2,1-2H3,(H,17,18). The molecule has 1 atom stereocenters. The van der Waals surface area contributed by atoms with Crippen molar-refractivity contribution in [2.24, 2.45) is 0 Å². The Morgan fingerprint density at radius 2 is 2.11 bits per heavy atom. The van der Waals surface area contributed by atoms with Crippen molar-refractivity contribution in [3.05, 3.63) is 29.6 Å². The number of halogens is 1. The van der Waals surface area contributed by atoms with Crippen LogP contribution >= 0.6 is 0 Å². The monoisotopic (exact) mass is 254 g/mol. The first-order valence-electron chi connectivity index (χ1n) is 5.43. The van der Waals surface area contributed by atoms with Gasteiger partial charge in [0.15, 0.2) is 0 Å². The maximum Gasteiger partial charge on any atom is 0.326 e. The van der Waals surface area contributed by atoms with Crippen molar-refractivity contribution < 1.29 is 19.1 Å². The number of hydrogen-bond acceptors (Lipinski definition) is 3. The molecule has 18 heavy (non-hydrogen) atoms. The van der Waals surface area contributed by atoms with Gasteiger partial charge in [0.25, 0.3) is 5.91 Å². The van der Waals surface area contributed by atoms with E-state index in [-0.39, 0.29) is 17.7 Å². The van der Waals surface area contributed by atoms with Crippen molar-refractivity contribution in [2.45, 2.75) is 19.4 Å². The second-order valence-electron chi connectivity index (χ2n) is 3.91. The highest BCUT2D eigenvalue weighted by atomic mass is 19.1. The van der Waals surface area contributed by atoms with Gasteiger partial charge in [-0.05, 0) is 24.6 Å². The summed E-state index contributed by atoms with van der Waals surface area (Å²) in [6.07, 6.45) is 0.273. The molecule has 0 aliphatic rings. The molecule has 3 N–H and O–H groups in total. The summed E-state index contributed by atoms with van der Waals surface area (Å²) in [5, 5.41) is 8.95. The van der Waals surface area contributed by atoms with Crippen molar-refractivity contribution >= 4 is 17.6 Å². The van der Waals surface area contributed by atoms with Gasteiger partial charge in [-0.1, -0.05) is 6.92 Å². The van der Waals surface area contributed by atoms with Crippen molar-refractivity contribution in [1.29, 1.82) is 0 Å². The average molecular weight is 254 g/mol. The number of carbonyl (C=O) groups excluding carboxylic acids is 1. The SMILES string of the molecule is CCC(C(=O)O)N(C)C(=O)c1ccc(N)c(F)c1. The Balaban J connectivity index is 2.99. The molecule has 0 aliphatic carbocycles. The normalized spacial score (nSPS) is 11.9. The van der Waals surface area contributed by atoms with Crippen molar-refractivity contribution in [3.63, 3.8) is 0 Å². The summed E-state index contributed by atoms with van der Waals surface area (Å²) in [5.74, 6) is -2.34. The van der Waals surface area contributed by atoms with E-state index in [9.17, 15) is 14.0 Å². The zero-order valence-corrected chi connectivity index (χ0v) is 10.2. The van der Waals surface area contributed by atoms with Crippen LogP contribution in [0.3, 0.4) is 0 Å². The quantitative estimate of drug-likeness (QED) is 0.794. The van der Waals surface area contributed by atoms with Gasteiger partial charge in [0.05, 0.1) is 5.69 Å². The smallest absolute Gasteiger partial charge is 0.326 e. The molecular weight excluding hydrogens is 239 g/mol. The molecule has 0 bridgehead atoms. The minimum absolute atomic E-state index is 0.0560. The molecule has 6 heteroatoms. The molecule has 1 amide bonds. The Morgan fingerprint density at radius 3 is 2.56 bits per heavy atom. The maximum absolute atomic E-state index is 13.2. The molecule has 0 aromatic heterocycles. The number of anilines is 1. The number of amides is 1. The lowest BCUT2D eigenvalue weighted by molar-refractivity contribution is -0.142. The molecule has 98 valence electrons. The number of nitrogens with zero attached hydrogens (tertiary/aromatic N) is 1. The minimum atomic E-state index is -1.09. The van der Waals surface area contributed by atoms with E-state index in [0.29, 0.717) is 0 Å². The Bertz CT molecular complexity index is 476. The van der Waals surface area contributed by atoms with Gasteiger partial charge in [0.1, 0.15) is 11.9 Å². The zero-order valence-electron chi connectivity index (χ0n) is 10.2. The molecule has 1 aromatic rings. The highest BCUT2D eigenvalue weighted by molar-refractivity contribution is 5.96. The van der Waals surface area contributed by atoms with Gasteiger partial charge in [-0.15, -0.1) is 0 Å². The number of likely N-dealkylation sites (N-methyl/N-ethyl adjacent to an activating group) is 1. The third-order valence-electron chi connectivity index (χ3n) is 2.71. The summed E-state index contributed by atoms with van der Waals surface area (Å²) in [6, 6.07) is 2.71. The van der Waals surface area contributed by atoms with E-state index in [4.69, 9.17) is 10.8 Å². The van der Waals surface area contributed by atoms with E-state index in [1.165, 1.54) is 19.2 Å². The van der Waals surface area contributed by atoms with Gasteiger partial charge in [-0.2, -0.15) is 0 Å². The van der Waals surface area contributed by atoms with Crippen molar-refractivity contribution in [1.82, 2.24) is 4.90 Å². The summed E-state index contributed by atoms with van der Waals surface area (Å²) in [4.78, 5) is 24.0. The Hall–Kier alpha value is -2.11. The van der Waals surface area contributed by atoms with Crippen LogP contribution in [0.25, 0.3) is 0 Å². The molecule has 0 radical (unpaired) electrons. The van der Waals surface area contributed by atoms with Crippen LogP contribution in [0, 0.1) is 5.82 Å². The van der Waals surface area contributed by atoms with Crippen LogP contribution in [0.1, 0.15) is 23.7 Å². The molecule has 1 unspecified atom stereocenters. The molecule has 0 aliphatic heterocycles. The van der Waals surface area contributed by atoms with Gasteiger partial charge in [0.2, 0.25) is 0 Å². The minimum Gasteiger partial charge on any atom is -0.480 e. The average Bonchev–Trinajstić information content (AvgIpc) is 2.32. The van der Waals surface area contributed by atoms with Gasteiger partial charge < -0.3 is 15.7 Å². The van der Waals surface area contributed by atoms with Crippen LogP contribution in [0.4, 0.5) is 10.1 Å². The fraction of sp³-hybridized carbons (Fsp3) is 0.333. The van der Waals surface area contributed by atoms with Crippen molar-refractivity contribution in [3.8, 4) is 0 Å². The third kappa shape index (κ3) is 2.77. The Kier molecular flexibility index (Phi) is 4.25.